The number of hydrogen-bond acceptors (Lipinski definition) is 8. The molecule has 1 amide bonds. The van der Waals surface area contributed by atoms with E-state index in [9.17, 15) is 9.59 Å². The first kappa shape index (κ1) is 27.1. The minimum atomic E-state index is -0.632. The van der Waals surface area contributed by atoms with Gasteiger partial charge in [-0.25, -0.2) is 10.2 Å². The van der Waals surface area contributed by atoms with Crippen LogP contribution in [0, 0.1) is 0 Å². The van der Waals surface area contributed by atoms with E-state index in [2.05, 4.69) is 10.5 Å². The Balaban J connectivity index is 1.68. The summed E-state index contributed by atoms with van der Waals surface area (Å²) in [6.45, 7) is 2.17. The summed E-state index contributed by atoms with van der Waals surface area (Å²) in [6.07, 6.45) is 2.44. The highest BCUT2D eigenvalue weighted by Gasteiger charge is 2.20. The van der Waals surface area contributed by atoms with Crippen molar-refractivity contribution in [2.24, 2.45) is 5.10 Å². The third kappa shape index (κ3) is 7.47. The Kier molecular flexibility index (Phi) is 9.90. The number of benzene rings is 3. The van der Waals surface area contributed by atoms with E-state index < -0.39 is 5.97 Å². The Bertz CT molecular complexity index is 1220. The second kappa shape index (κ2) is 13.5. The van der Waals surface area contributed by atoms with Crippen molar-refractivity contribution in [2.45, 2.75) is 19.8 Å². The number of rotatable bonds is 12. The molecule has 0 aliphatic heterocycles. The number of ether oxygens (including phenoxy) is 5. The molecule has 3 aromatic carbocycles. The molecule has 0 spiro atoms. The zero-order valence-corrected chi connectivity index (χ0v) is 21.3. The number of aryl methyl sites for hydroxylation is 1. The lowest BCUT2D eigenvalue weighted by Gasteiger charge is -2.15. The molecule has 0 bridgehead atoms. The van der Waals surface area contributed by atoms with Gasteiger partial charge >= 0.3 is 5.97 Å². The van der Waals surface area contributed by atoms with Crippen molar-refractivity contribution in [1.82, 2.24) is 5.43 Å². The summed E-state index contributed by atoms with van der Waals surface area (Å²) in [5.41, 5.74) is 4.47. The van der Waals surface area contributed by atoms with E-state index in [0.717, 1.165) is 5.56 Å². The van der Waals surface area contributed by atoms with Crippen LogP contribution in [0.15, 0.2) is 65.8 Å². The second-order valence-corrected chi connectivity index (χ2v) is 7.72. The predicted molar refractivity (Wildman–Crippen MR) is 139 cm³/mol. The fraction of sp³-hybridized carbons (Fsp3) is 0.250. The summed E-state index contributed by atoms with van der Waals surface area (Å²) >= 11 is 0. The zero-order valence-electron chi connectivity index (χ0n) is 21.3. The average molecular weight is 507 g/mol. The number of nitrogens with one attached hydrogen (secondary N) is 1. The topological polar surface area (TPSA) is 105 Å². The Labute approximate surface area is 216 Å². The molecule has 0 aliphatic carbocycles. The van der Waals surface area contributed by atoms with E-state index >= 15 is 0 Å². The van der Waals surface area contributed by atoms with E-state index in [0.29, 0.717) is 48.0 Å². The van der Waals surface area contributed by atoms with E-state index in [-0.39, 0.29) is 17.2 Å². The lowest BCUT2D eigenvalue weighted by molar-refractivity contribution is -0.121. The van der Waals surface area contributed by atoms with E-state index in [1.54, 1.807) is 18.2 Å². The molecule has 0 unspecified atom stereocenters. The highest BCUT2D eigenvalue weighted by molar-refractivity contribution is 5.93. The molecule has 1 N–H and O–H groups in total. The van der Waals surface area contributed by atoms with Crippen LogP contribution in [0.3, 0.4) is 0 Å². The smallest absolute Gasteiger partial charge is 0.343 e. The number of methoxy groups -OCH3 is 3. The highest BCUT2D eigenvalue weighted by atomic mass is 16.6. The second-order valence-electron chi connectivity index (χ2n) is 7.72. The fourth-order valence-corrected chi connectivity index (χ4v) is 3.45. The lowest BCUT2D eigenvalue weighted by Crippen LogP contribution is -2.17. The first-order valence-corrected chi connectivity index (χ1v) is 11.6. The van der Waals surface area contributed by atoms with Crippen molar-refractivity contribution in [3.05, 3.63) is 77.4 Å². The number of hydrogen-bond donors (Lipinski definition) is 1. The summed E-state index contributed by atoms with van der Waals surface area (Å²) in [7, 11) is 4.41. The van der Waals surface area contributed by atoms with Gasteiger partial charge in [-0.3, -0.25) is 4.79 Å². The van der Waals surface area contributed by atoms with Gasteiger partial charge in [-0.2, -0.15) is 5.10 Å². The Morgan fingerprint density at radius 1 is 0.865 bits per heavy atom. The molecule has 9 heteroatoms. The van der Waals surface area contributed by atoms with Crippen LogP contribution in [0.4, 0.5) is 0 Å². The van der Waals surface area contributed by atoms with Crippen molar-refractivity contribution in [1.29, 1.82) is 0 Å². The molecule has 3 aromatic rings. The molecule has 0 heterocycles. The van der Waals surface area contributed by atoms with Gasteiger partial charge < -0.3 is 23.7 Å². The quantitative estimate of drug-likeness (QED) is 0.168. The van der Waals surface area contributed by atoms with Crippen LogP contribution < -0.4 is 29.1 Å². The van der Waals surface area contributed by atoms with Crippen LogP contribution in [0.1, 0.15) is 34.8 Å². The van der Waals surface area contributed by atoms with Gasteiger partial charge in [0.15, 0.2) is 23.0 Å². The summed E-state index contributed by atoms with van der Waals surface area (Å²) in [5.74, 6) is 0.778. The number of nitrogens with zero attached hydrogens (tertiary/aromatic N) is 1. The molecule has 0 fully saturated rings. The Hall–Kier alpha value is -4.53. The number of amides is 1. The highest BCUT2D eigenvalue weighted by Crippen LogP contribution is 2.38. The zero-order chi connectivity index (χ0) is 26.6. The Morgan fingerprint density at radius 2 is 1.57 bits per heavy atom. The molecule has 3 rings (SSSR count). The molecule has 0 aliphatic rings. The molecule has 9 nitrogen and oxygen atoms in total. The number of esters is 1. The predicted octanol–water partition coefficient (Wildman–Crippen LogP) is 4.41. The maximum absolute atomic E-state index is 12.9. The first-order chi connectivity index (χ1) is 18.0. The molecule has 0 aromatic heterocycles. The van der Waals surface area contributed by atoms with Crippen LogP contribution in [0.25, 0.3) is 0 Å². The van der Waals surface area contributed by atoms with Gasteiger partial charge in [-0.1, -0.05) is 30.3 Å². The summed E-state index contributed by atoms with van der Waals surface area (Å²) < 4.78 is 27.2. The minimum absolute atomic E-state index is 0.193. The summed E-state index contributed by atoms with van der Waals surface area (Å²) in [4.78, 5) is 25.0. The van der Waals surface area contributed by atoms with E-state index in [4.69, 9.17) is 23.7 Å². The van der Waals surface area contributed by atoms with Gasteiger partial charge in [0.25, 0.3) is 0 Å². The van der Waals surface area contributed by atoms with Crippen molar-refractivity contribution in [2.75, 3.05) is 27.9 Å². The molecule has 194 valence electrons. The number of carbonyl (C=O) groups is 2. The van der Waals surface area contributed by atoms with Crippen molar-refractivity contribution in [3.8, 4) is 28.7 Å². The standard InChI is InChI=1S/C28H30N2O7/c1-5-36-23-15-20(18-29-30-26(31)14-12-19-9-7-6-8-10-19)11-13-22(23)37-28(32)21-16-24(33-2)27(35-4)25(17-21)34-3/h6-11,13,15-18H,5,12,14H2,1-4H3,(H,30,31). The van der Waals surface area contributed by atoms with Gasteiger partial charge in [-0.15, -0.1) is 0 Å². The molecule has 37 heavy (non-hydrogen) atoms. The molecular weight excluding hydrogens is 476 g/mol. The molecule has 0 atom stereocenters. The number of hydrazone groups is 1. The Morgan fingerprint density at radius 3 is 2.19 bits per heavy atom. The third-order valence-electron chi connectivity index (χ3n) is 5.26. The average Bonchev–Trinajstić information content (AvgIpc) is 2.93. The molecular formula is C28H30N2O7. The van der Waals surface area contributed by atoms with Gasteiger partial charge in [0, 0.05) is 6.42 Å². The van der Waals surface area contributed by atoms with Crippen molar-refractivity contribution < 1.29 is 33.3 Å². The van der Waals surface area contributed by atoms with E-state index in [1.807, 2.05) is 37.3 Å². The minimum Gasteiger partial charge on any atom is -0.493 e. The third-order valence-corrected chi connectivity index (χ3v) is 5.26. The fourth-order valence-electron chi connectivity index (χ4n) is 3.45. The number of carbonyl (C=O) groups excluding carboxylic acids is 2. The monoisotopic (exact) mass is 506 g/mol. The van der Waals surface area contributed by atoms with E-state index in [1.165, 1.54) is 39.7 Å². The first-order valence-electron chi connectivity index (χ1n) is 11.6. The van der Waals surface area contributed by atoms with Gasteiger partial charge in [-0.05, 0) is 54.8 Å². The normalized spacial score (nSPS) is 10.6. The van der Waals surface area contributed by atoms with Crippen LogP contribution in [0.2, 0.25) is 0 Å². The molecule has 0 saturated heterocycles. The SMILES string of the molecule is CCOc1cc(C=NNC(=O)CCc2ccccc2)ccc1OC(=O)c1cc(OC)c(OC)c(OC)c1. The van der Waals surface area contributed by atoms with Crippen molar-refractivity contribution in [3.63, 3.8) is 0 Å². The van der Waals surface area contributed by atoms with Crippen LogP contribution in [-0.4, -0.2) is 46.0 Å². The van der Waals surface area contributed by atoms with Crippen molar-refractivity contribution >= 4 is 18.1 Å². The molecule has 0 saturated carbocycles. The lowest BCUT2D eigenvalue weighted by atomic mass is 10.1. The summed E-state index contributed by atoms with van der Waals surface area (Å²) in [6, 6.07) is 17.7. The summed E-state index contributed by atoms with van der Waals surface area (Å²) in [5, 5.41) is 4.02. The maximum atomic E-state index is 12.9. The van der Waals surface area contributed by atoms with Crippen LogP contribution >= 0.6 is 0 Å². The molecule has 0 radical (unpaired) electrons. The van der Waals surface area contributed by atoms with Gasteiger partial charge in [0.05, 0.1) is 39.7 Å². The van der Waals surface area contributed by atoms with Gasteiger partial charge in [0.2, 0.25) is 11.7 Å². The van der Waals surface area contributed by atoms with Gasteiger partial charge in [0.1, 0.15) is 0 Å². The maximum Gasteiger partial charge on any atom is 0.343 e. The largest absolute Gasteiger partial charge is 0.493 e. The van der Waals surface area contributed by atoms with Crippen LogP contribution in [-0.2, 0) is 11.2 Å². The van der Waals surface area contributed by atoms with Crippen LogP contribution in [0.5, 0.6) is 28.7 Å².